The number of ether oxygens (including phenoxy) is 1. The molecule has 1 heterocycles. The zero-order valence-electron chi connectivity index (χ0n) is 29.0. The fourth-order valence-corrected chi connectivity index (χ4v) is 12.3. The van der Waals surface area contributed by atoms with Crippen molar-refractivity contribution in [1.29, 1.82) is 0 Å². The van der Waals surface area contributed by atoms with Crippen LogP contribution in [0.3, 0.4) is 0 Å². The number of esters is 1. The highest BCUT2D eigenvalue weighted by Crippen LogP contribution is 2.44. The summed E-state index contributed by atoms with van der Waals surface area (Å²) in [5.41, 5.74) is 2.47. The van der Waals surface area contributed by atoms with E-state index in [9.17, 15) is 19.2 Å². The summed E-state index contributed by atoms with van der Waals surface area (Å²) in [6, 6.07) is 9.23. The van der Waals surface area contributed by atoms with Crippen molar-refractivity contribution in [3.8, 4) is 16.9 Å². The summed E-state index contributed by atoms with van der Waals surface area (Å²) in [5, 5.41) is 3.00. The largest absolute Gasteiger partial charge is 0.543 e. The number of nitrogens with one attached hydrogen (secondary N) is 1. The Labute approximate surface area is 288 Å². The second-order valence-corrected chi connectivity index (χ2v) is 19.1. The van der Waals surface area contributed by atoms with E-state index in [1.807, 2.05) is 6.92 Å². The Balaban J connectivity index is 1.92. The van der Waals surface area contributed by atoms with Crippen LogP contribution in [0, 0.1) is 6.92 Å². The van der Waals surface area contributed by atoms with Crippen LogP contribution in [0.5, 0.6) is 5.75 Å². The third kappa shape index (κ3) is 8.04. The molecule has 0 fully saturated rings. The van der Waals surface area contributed by atoms with Crippen molar-refractivity contribution in [1.82, 2.24) is 14.5 Å². The van der Waals surface area contributed by atoms with Gasteiger partial charge in [-0.25, -0.2) is 9.59 Å². The van der Waals surface area contributed by atoms with Gasteiger partial charge in [0.15, 0.2) is 0 Å². The number of aromatic nitrogens is 2. The van der Waals surface area contributed by atoms with Crippen LogP contribution in [-0.4, -0.2) is 42.0 Å². The number of carbonyl (C=O) groups excluding carboxylic acids is 2. The van der Waals surface area contributed by atoms with Crippen LogP contribution in [0.1, 0.15) is 76.5 Å². The number of amides is 1. The first kappa shape index (κ1) is 38.1. The minimum atomic E-state index is -2.31. The minimum absolute atomic E-state index is 0.0382. The Morgan fingerprint density at radius 1 is 0.894 bits per heavy atom. The number of halogens is 2. The van der Waals surface area contributed by atoms with Gasteiger partial charge >= 0.3 is 11.7 Å². The summed E-state index contributed by atoms with van der Waals surface area (Å²) in [4.78, 5) is 52.0. The zero-order chi connectivity index (χ0) is 35.4. The van der Waals surface area contributed by atoms with E-state index >= 15 is 0 Å². The molecule has 3 aromatic rings. The smallest absolute Gasteiger partial charge is 0.330 e. The molecule has 1 amide bonds. The maximum atomic E-state index is 13.6. The summed E-state index contributed by atoms with van der Waals surface area (Å²) in [5.74, 6) is -0.700. The summed E-state index contributed by atoms with van der Waals surface area (Å²) < 4.78 is 14.6. The highest BCUT2D eigenvalue weighted by Gasteiger charge is 2.47. The van der Waals surface area contributed by atoms with Crippen molar-refractivity contribution >= 4 is 43.4 Å². The van der Waals surface area contributed by atoms with Crippen LogP contribution in [0.15, 0.2) is 46.0 Å². The van der Waals surface area contributed by atoms with Crippen LogP contribution < -0.4 is 21.0 Å². The molecule has 0 radical (unpaired) electrons. The van der Waals surface area contributed by atoms with Crippen LogP contribution in [0.2, 0.25) is 26.7 Å². The van der Waals surface area contributed by atoms with Crippen LogP contribution in [0.4, 0.5) is 0 Å². The lowest BCUT2D eigenvalue weighted by molar-refractivity contribution is -0.145. The second kappa shape index (κ2) is 15.7. The Morgan fingerprint density at radius 2 is 1.43 bits per heavy atom. The molecule has 0 unspecified atom stereocenters. The fraction of sp³-hybridized carbons (Fsp3) is 0.486. The van der Waals surface area contributed by atoms with Gasteiger partial charge in [-0.15, -0.1) is 0 Å². The van der Waals surface area contributed by atoms with Crippen molar-refractivity contribution in [3.63, 3.8) is 0 Å². The predicted octanol–water partition coefficient (Wildman–Crippen LogP) is 7.21. The topological polar surface area (TPSA) is 109 Å². The lowest BCUT2D eigenvalue weighted by atomic mass is 10.00. The Hall–Kier alpha value is -3.34. The van der Waals surface area contributed by atoms with Gasteiger partial charge in [0.25, 0.3) is 19.8 Å². The van der Waals surface area contributed by atoms with Crippen molar-refractivity contribution in [2.24, 2.45) is 14.1 Å². The Bertz CT molecular complexity index is 1690. The molecule has 1 atom stereocenters. The van der Waals surface area contributed by atoms with E-state index in [0.29, 0.717) is 51.2 Å². The van der Waals surface area contributed by atoms with Gasteiger partial charge < -0.3 is 19.0 Å². The number of rotatable bonds is 13. The van der Waals surface area contributed by atoms with Gasteiger partial charge in [-0.2, -0.15) is 0 Å². The SMILES string of the molecule is CCCOC(=O)[C@H](Cc1ccc(-c2c(C)n(C)c(=O)n(C)c2=O)cc1)NC(=O)c1c(Cl)cc(O[Si](C(C)C)(C(C)C)C(C)C)cc1Cl. The van der Waals surface area contributed by atoms with Gasteiger partial charge in [-0.1, -0.05) is 95.9 Å². The first-order valence-electron chi connectivity index (χ1n) is 16.0. The molecule has 12 heteroatoms. The molecule has 1 aromatic heterocycles. The maximum Gasteiger partial charge on any atom is 0.330 e. The summed E-state index contributed by atoms with van der Waals surface area (Å²) in [6.45, 7) is 16.8. The fourth-order valence-electron chi connectivity index (χ4n) is 6.43. The van der Waals surface area contributed by atoms with Crippen molar-refractivity contribution in [3.05, 3.63) is 84.1 Å². The molecular formula is C35H47Cl2N3O6Si. The van der Waals surface area contributed by atoms with Crippen molar-refractivity contribution in [2.45, 2.75) is 90.9 Å². The first-order valence-corrected chi connectivity index (χ1v) is 18.9. The summed E-state index contributed by atoms with van der Waals surface area (Å²) in [7, 11) is 0.742. The van der Waals surface area contributed by atoms with Gasteiger partial charge in [-0.3, -0.25) is 14.2 Å². The number of nitrogens with zero attached hydrogens (tertiary/aromatic N) is 2. The molecular weight excluding hydrogens is 657 g/mol. The third-order valence-corrected chi connectivity index (χ3v) is 15.5. The maximum absolute atomic E-state index is 13.6. The Morgan fingerprint density at radius 3 is 1.91 bits per heavy atom. The van der Waals surface area contributed by atoms with Crippen LogP contribution >= 0.6 is 23.2 Å². The van der Waals surface area contributed by atoms with Gasteiger partial charge in [0, 0.05) is 26.2 Å². The average Bonchev–Trinajstić information content (AvgIpc) is 3.00. The molecule has 47 heavy (non-hydrogen) atoms. The molecule has 0 bridgehead atoms. The van der Waals surface area contributed by atoms with E-state index in [1.165, 1.54) is 11.6 Å². The molecule has 0 aliphatic heterocycles. The monoisotopic (exact) mass is 703 g/mol. The minimum Gasteiger partial charge on any atom is -0.543 e. The van der Waals surface area contributed by atoms with Gasteiger partial charge in [-0.05, 0) is 53.2 Å². The van der Waals surface area contributed by atoms with E-state index in [4.69, 9.17) is 32.4 Å². The zero-order valence-corrected chi connectivity index (χ0v) is 31.5. The van der Waals surface area contributed by atoms with E-state index in [0.717, 1.165) is 4.57 Å². The second-order valence-electron chi connectivity index (χ2n) is 12.9. The van der Waals surface area contributed by atoms with Gasteiger partial charge in [0.05, 0.1) is 27.8 Å². The van der Waals surface area contributed by atoms with Gasteiger partial charge in [0.2, 0.25) is 0 Å². The standard InChI is InChI=1S/C35H47Cl2N3O6Si/c1-11-16-45-34(43)29(17-24-12-14-25(15-13-24)30-23(8)39(9)35(44)40(10)33(30)42)38-32(41)31-27(36)18-26(19-28(31)37)46-47(20(2)3,21(4)5)22(6)7/h12-15,18-22,29H,11,16-17H2,1-10H3,(H,38,41)/t29-/m0/s1. The highest BCUT2D eigenvalue weighted by molar-refractivity contribution is 6.78. The van der Waals surface area contributed by atoms with E-state index in [2.05, 4.69) is 46.9 Å². The van der Waals surface area contributed by atoms with E-state index in [-0.39, 0.29) is 28.6 Å². The van der Waals surface area contributed by atoms with Crippen molar-refractivity contribution in [2.75, 3.05) is 6.61 Å². The molecule has 3 rings (SSSR count). The molecule has 256 valence electrons. The quantitative estimate of drug-likeness (QED) is 0.149. The number of hydrogen-bond donors (Lipinski definition) is 1. The predicted molar refractivity (Wildman–Crippen MR) is 191 cm³/mol. The number of benzene rings is 2. The molecule has 9 nitrogen and oxygen atoms in total. The molecule has 2 aromatic carbocycles. The highest BCUT2D eigenvalue weighted by atomic mass is 35.5. The van der Waals surface area contributed by atoms with Gasteiger partial charge in [0.1, 0.15) is 11.8 Å². The van der Waals surface area contributed by atoms with Crippen LogP contribution in [-0.2, 0) is 30.0 Å². The van der Waals surface area contributed by atoms with E-state index in [1.54, 1.807) is 50.4 Å². The van der Waals surface area contributed by atoms with E-state index < -0.39 is 37.5 Å². The van der Waals surface area contributed by atoms with Crippen molar-refractivity contribution < 1.29 is 18.8 Å². The lowest BCUT2D eigenvalue weighted by Crippen LogP contribution is -2.50. The lowest BCUT2D eigenvalue weighted by Gasteiger charge is -2.42. The normalized spacial score (nSPS) is 12.5. The number of carbonyl (C=O) groups is 2. The molecule has 0 aliphatic rings. The molecule has 0 saturated carbocycles. The molecule has 0 aliphatic carbocycles. The molecule has 0 spiro atoms. The molecule has 0 saturated heterocycles. The molecule has 1 N–H and O–H groups in total. The Kier molecular flexibility index (Phi) is 12.7. The summed E-state index contributed by atoms with van der Waals surface area (Å²) in [6.07, 6.45) is 0.725. The van der Waals surface area contributed by atoms with Crippen LogP contribution in [0.25, 0.3) is 11.1 Å². The number of hydrogen-bond acceptors (Lipinski definition) is 6. The summed E-state index contributed by atoms with van der Waals surface area (Å²) >= 11 is 13.3. The first-order chi connectivity index (χ1) is 22.0. The average molecular weight is 705 g/mol. The third-order valence-electron chi connectivity index (χ3n) is 8.92.